The predicted octanol–water partition coefficient (Wildman–Crippen LogP) is 2.31. The van der Waals surface area contributed by atoms with Crippen LogP contribution in [0.5, 0.6) is 0 Å². The van der Waals surface area contributed by atoms with Gasteiger partial charge in [-0.25, -0.2) is 9.97 Å². The maximum Gasteiger partial charge on any atom is 0.244 e. The minimum absolute atomic E-state index is 0.172. The molecule has 6 nitrogen and oxygen atoms in total. The van der Waals surface area contributed by atoms with Crippen molar-refractivity contribution in [3.05, 3.63) is 71.2 Å². The predicted molar refractivity (Wildman–Crippen MR) is 88.5 cm³/mol. The number of nitrogens with zero attached hydrogens (tertiary/aromatic N) is 4. The molecule has 3 rings (SSSR count). The van der Waals surface area contributed by atoms with Crippen LogP contribution in [0, 0.1) is 0 Å². The third-order valence-electron chi connectivity index (χ3n) is 3.18. The fraction of sp³-hybridized carbons (Fsp3) is 0.125. The molecule has 23 heavy (non-hydrogen) atoms. The van der Waals surface area contributed by atoms with Gasteiger partial charge in [0.05, 0.1) is 12.6 Å². The minimum Gasteiger partial charge on any atom is -0.344 e. The van der Waals surface area contributed by atoms with Crippen molar-refractivity contribution in [2.24, 2.45) is 0 Å². The maximum atomic E-state index is 12.2. The Morgan fingerprint density at radius 2 is 2.22 bits per heavy atom. The highest BCUT2D eigenvalue weighted by Gasteiger charge is 2.14. The van der Waals surface area contributed by atoms with E-state index in [1.807, 2.05) is 35.7 Å². The molecular formula is C16H15N5OS. The first kappa shape index (κ1) is 15.1. The van der Waals surface area contributed by atoms with E-state index in [4.69, 9.17) is 0 Å². The zero-order valence-corrected chi connectivity index (χ0v) is 13.1. The summed E-state index contributed by atoms with van der Waals surface area (Å²) in [6, 6.07) is 9.60. The lowest BCUT2D eigenvalue weighted by Gasteiger charge is -2.18. The summed E-state index contributed by atoms with van der Waals surface area (Å²) in [5, 5.41) is 9.77. The molecule has 2 heterocycles. The van der Waals surface area contributed by atoms with Crippen molar-refractivity contribution in [3.8, 4) is 0 Å². The summed E-state index contributed by atoms with van der Waals surface area (Å²) in [5.74, 6) is -0.172. The Labute approximate surface area is 137 Å². The molecule has 1 amide bonds. The van der Waals surface area contributed by atoms with Crippen LogP contribution >= 0.6 is 11.3 Å². The van der Waals surface area contributed by atoms with Crippen LogP contribution < -0.4 is 5.32 Å². The number of amides is 1. The van der Waals surface area contributed by atoms with Gasteiger partial charge >= 0.3 is 0 Å². The average molecular weight is 325 g/mol. The van der Waals surface area contributed by atoms with Crippen molar-refractivity contribution < 1.29 is 4.79 Å². The molecule has 0 fully saturated rings. The van der Waals surface area contributed by atoms with Crippen LogP contribution in [0.25, 0.3) is 6.08 Å². The quantitative estimate of drug-likeness (QED) is 0.706. The number of hydrogen-bond donors (Lipinski definition) is 1. The van der Waals surface area contributed by atoms with Crippen molar-refractivity contribution >= 4 is 23.3 Å². The van der Waals surface area contributed by atoms with Crippen LogP contribution in [-0.4, -0.2) is 25.7 Å². The fourth-order valence-electron chi connectivity index (χ4n) is 2.12. The molecule has 1 aromatic carbocycles. The zero-order valence-electron chi connectivity index (χ0n) is 12.2. The Balaban J connectivity index is 1.71. The summed E-state index contributed by atoms with van der Waals surface area (Å²) in [6.07, 6.45) is 8.02. The number of hydrogen-bond acceptors (Lipinski definition) is 5. The summed E-state index contributed by atoms with van der Waals surface area (Å²) in [4.78, 5) is 20.2. The molecule has 0 spiro atoms. The van der Waals surface area contributed by atoms with E-state index in [0.29, 0.717) is 6.54 Å². The van der Waals surface area contributed by atoms with Crippen molar-refractivity contribution in [2.45, 2.75) is 12.6 Å². The molecule has 0 aliphatic heterocycles. The SMILES string of the molecule is O=C(C=Cc1nccs1)NC(Cn1cncn1)c1ccccc1. The highest BCUT2D eigenvalue weighted by molar-refractivity contribution is 7.10. The second-order valence-corrected chi connectivity index (χ2v) is 5.72. The molecule has 116 valence electrons. The Hall–Kier alpha value is -2.80. The van der Waals surface area contributed by atoms with Gasteiger partial charge in [-0.05, 0) is 11.6 Å². The van der Waals surface area contributed by atoms with Crippen molar-refractivity contribution in [1.29, 1.82) is 0 Å². The number of nitrogens with one attached hydrogen (secondary N) is 1. The monoisotopic (exact) mass is 325 g/mol. The van der Waals surface area contributed by atoms with E-state index >= 15 is 0 Å². The van der Waals surface area contributed by atoms with Gasteiger partial charge in [-0.2, -0.15) is 5.10 Å². The molecule has 0 bridgehead atoms. The van der Waals surface area contributed by atoms with E-state index < -0.39 is 0 Å². The summed E-state index contributed by atoms with van der Waals surface area (Å²) >= 11 is 1.48. The Kier molecular flexibility index (Phi) is 4.90. The molecule has 0 radical (unpaired) electrons. The number of carbonyl (C=O) groups is 1. The van der Waals surface area contributed by atoms with Crippen LogP contribution in [0.1, 0.15) is 16.6 Å². The largest absolute Gasteiger partial charge is 0.344 e. The van der Waals surface area contributed by atoms with Crippen molar-refractivity contribution in [2.75, 3.05) is 0 Å². The highest BCUT2D eigenvalue weighted by atomic mass is 32.1. The summed E-state index contributed by atoms with van der Waals surface area (Å²) in [7, 11) is 0. The molecule has 1 atom stereocenters. The van der Waals surface area contributed by atoms with Gasteiger partial charge in [0.25, 0.3) is 0 Å². The van der Waals surface area contributed by atoms with Gasteiger partial charge in [0.2, 0.25) is 5.91 Å². The fourth-order valence-corrected chi connectivity index (χ4v) is 2.65. The normalized spacial score (nSPS) is 12.3. The minimum atomic E-state index is -0.189. The first-order chi connectivity index (χ1) is 11.3. The van der Waals surface area contributed by atoms with Crippen molar-refractivity contribution in [3.63, 3.8) is 0 Å². The van der Waals surface area contributed by atoms with Gasteiger partial charge < -0.3 is 5.32 Å². The standard InChI is InChI=1S/C16H15N5OS/c22-15(6-7-16-18-8-9-23-16)20-14(10-21-12-17-11-19-21)13-4-2-1-3-5-13/h1-9,11-12,14H,10H2,(H,20,22). The van der Waals surface area contributed by atoms with Crippen LogP contribution in [0.2, 0.25) is 0 Å². The second-order valence-electron chi connectivity index (χ2n) is 4.79. The third kappa shape index (κ3) is 4.33. The van der Waals surface area contributed by atoms with Gasteiger partial charge in [0.1, 0.15) is 17.7 Å². The lowest BCUT2D eigenvalue weighted by molar-refractivity contribution is -0.117. The van der Waals surface area contributed by atoms with Crippen LogP contribution in [0.15, 0.2) is 60.6 Å². The Bertz CT molecular complexity index is 753. The molecule has 0 aliphatic rings. The molecule has 2 aromatic heterocycles. The van der Waals surface area contributed by atoms with Gasteiger partial charge in [-0.15, -0.1) is 11.3 Å². The van der Waals surface area contributed by atoms with Gasteiger partial charge in [-0.1, -0.05) is 30.3 Å². The Morgan fingerprint density at radius 3 is 2.91 bits per heavy atom. The summed E-state index contributed by atoms with van der Waals surface area (Å²) in [5.41, 5.74) is 1.01. The molecule has 0 saturated heterocycles. The molecular weight excluding hydrogens is 310 g/mol. The maximum absolute atomic E-state index is 12.2. The van der Waals surface area contributed by atoms with E-state index in [1.165, 1.54) is 23.7 Å². The number of carbonyl (C=O) groups excluding carboxylic acids is 1. The molecule has 3 aromatic rings. The Morgan fingerprint density at radius 1 is 1.35 bits per heavy atom. The van der Waals surface area contributed by atoms with Gasteiger partial charge in [0, 0.05) is 17.7 Å². The van der Waals surface area contributed by atoms with E-state index in [0.717, 1.165) is 10.6 Å². The highest BCUT2D eigenvalue weighted by Crippen LogP contribution is 2.14. The first-order valence-corrected chi connectivity index (χ1v) is 7.94. The van der Waals surface area contributed by atoms with Crippen LogP contribution in [-0.2, 0) is 11.3 Å². The number of thiazole rings is 1. The lowest BCUT2D eigenvalue weighted by atomic mass is 10.1. The van der Waals surface area contributed by atoms with Crippen LogP contribution in [0.4, 0.5) is 0 Å². The second kappa shape index (κ2) is 7.46. The van der Waals surface area contributed by atoms with Gasteiger partial charge in [0.15, 0.2) is 0 Å². The number of aromatic nitrogens is 4. The first-order valence-electron chi connectivity index (χ1n) is 7.07. The zero-order chi connectivity index (χ0) is 15.9. The van der Waals surface area contributed by atoms with E-state index in [2.05, 4.69) is 20.4 Å². The van der Waals surface area contributed by atoms with E-state index in [-0.39, 0.29) is 11.9 Å². The number of rotatable bonds is 6. The van der Waals surface area contributed by atoms with Crippen LogP contribution in [0.3, 0.4) is 0 Å². The number of benzene rings is 1. The smallest absolute Gasteiger partial charge is 0.244 e. The average Bonchev–Trinajstić information content (AvgIpc) is 3.27. The third-order valence-corrected chi connectivity index (χ3v) is 3.92. The summed E-state index contributed by atoms with van der Waals surface area (Å²) < 4.78 is 1.70. The topological polar surface area (TPSA) is 72.7 Å². The van der Waals surface area contributed by atoms with E-state index in [9.17, 15) is 4.79 Å². The molecule has 0 saturated carbocycles. The van der Waals surface area contributed by atoms with Gasteiger partial charge in [-0.3, -0.25) is 9.48 Å². The molecule has 1 N–H and O–H groups in total. The molecule has 1 unspecified atom stereocenters. The summed E-state index contributed by atoms with van der Waals surface area (Å²) in [6.45, 7) is 0.515. The lowest BCUT2D eigenvalue weighted by Crippen LogP contribution is -2.30. The molecule has 0 aliphatic carbocycles. The van der Waals surface area contributed by atoms with Crippen molar-refractivity contribution in [1.82, 2.24) is 25.1 Å². The van der Waals surface area contributed by atoms with E-state index in [1.54, 1.807) is 23.3 Å². The molecule has 7 heteroatoms.